The second-order valence-corrected chi connectivity index (χ2v) is 5.02. The number of nitrogens with two attached hydrogens (primary N) is 1. The van der Waals surface area contributed by atoms with Crippen molar-refractivity contribution in [1.29, 1.82) is 0 Å². The number of nitrogens with zero attached hydrogens (tertiary/aromatic N) is 1. The fourth-order valence-electron chi connectivity index (χ4n) is 1.54. The van der Waals surface area contributed by atoms with E-state index in [0.717, 1.165) is 11.3 Å². The monoisotopic (exact) mass is 290 g/mol. The summed E-state index contributed by atoms with van der Waals surface area (Å²) in [7, 11) is 0. The Morgan fingerprint density at radius 3 is 2.55 bits per heavy atom. The van der Waals surface area contributed by atoms with Gasteiger partial charge in [0.25, 0.3) is 5.91 Å². The molecule has 0 saturated heterocycles. The third-order valence-electron chi connectivity index (χ3n) is 2.52. The van der Waals surface area contributed by atoms with Gasteiger partial charge in [-0.25, -0.2) is 9.78 Å². The first-order valence-electron chi connectivity index (χ1n) is 5.90. The number of carbonyl (C=O) groups is 2. The van der Waals surface area contributed by atoms with Gasteiger partial charge in [-0.05, 0) is 24.6 Å². The molecule has 1 heterocycles. The molecule has 0 unspecified atom stereocenters. The molecule has 7 heteroatoms. The zero-order valence-electron chi connectivity index (χ0n) is 10.8. The van der Waals surface area contributed by atoms with Crippen LogP contribution in [-0.2, 0) is 6.54 Å². The van der Waals surface area contributed by atoms with Crippen molar-refractivity contribution in [2.75, 3.05) is 5.32 Å². The Labute approximate surface area is 120 Å². The number of urea groups is 1. The van der Waals surface area contributed by atoms with Crippen LogP contribution in [0.1, 0.15) is 21.6 Å². The molecule has 20 heavy (non-hydrogen) atoms. The first-order chi connectivity index (χ1) is 9.54. The quantitative estimate of drug-likeness (QED) is 0.801. The van der Waals surface area contributed by atoms with Crippen molar-refractivity contribution in [1.82, 2.24) is 10.3 Å². The van der Waals surface area contributed by atoms with Crippen LogP contribution >= 0.6 is 11.3 Å². The Kier molecular flexibility index (Phi) is 4.31. The molecule has 0 radical (unpaired) electrons. The number of thiazole rings is 1. The molecule has 0 atom stereocenters. The summed E-state index contributed by atoms with van der Waals surface area (Å²) in [5.41, 5.74) is 7.25. The smallest absolute Gasteiger partial charge is 0.312 e. The van der Waals surface area contributed by atoms with E-state index in [2.05, 4.69) is 15.6 Å². The van der Waals surface area contributed by atoms with Gasteiger partial charge in [0.2, 0.25) is 0 Å². The van der Waals surface area contributed by atoms with Crippen LogP contribution in [0, 0.1) is 6.92 Å². The van der Waals surface area contributed by atoms with Crippen LogP contribution < -0.4 is 16.4 Å². The first kappa shape index (κ1) is 14.0. The second-order valence-electron chi connectivity index (χ2n) is 4.16. The lowest BCUT2D eigenvalue weighted by molar-refractivity contribution is 0.102. The Morgan fingerprint density at radius 2 is 2.00 bits per heavy atom. The van der Waals surface area contributed by atoms with Crippen LogP contribution in [0.25, 0.3) is 0 Å². The van der Waals surface area contributed by atoms with E-state index < -0.39 is 6.03 Å². The maximum Gasteiger partial charge on any atom is 0.312 e. The van der Waals surface area contributed by atoms with Crippen molar-refractivity contribution in [3.8, 4) is 0 Å². The van der Waals surface area contributed by atoms with Crippen LogP contribution in [0.5, 0.6) is 0 Å². The molecule has 0 saturated carbocycles. The molecule has 2 aromatic rings. The van der Waals surface area contributed by atoms with Crippen molar-refractivity contribution < 1.29 is 9.59 Å². The Hall–Kier alpha value is -2.41. The highest BCUT2D eigenvalue weighted by atomic mass is 32.1. The van der Waals surface area contributed by atoms with Gasteiger partial charge in [-0.3, -0.25) is 10.1 Å². The average Bonchev–Trinajstić information content (AvgIpc) is 2.82. The van der Waals surface area contributed by atoms with E-state index in [4.69, 9.17) is 5.73 Å². The average molecular weight is 290 g/mol. The number of benzene rings is 1. The molecule has 0 aliphatic rings. The Morgan fingerprint density at radius 1 is 1.30 bits per heavy atom. The number of nitrogens with one attached hydrogen (secondary N) is 2. The van der Waals surface area contributed by atoms with Crippen molar-refractivity contribution >= 4 is 28.4 Å². The molecular weight excluding hydrogens is 276 g/mol. The predicted octanol–water partition coefficient (Wildman–Crippen LogP) is 1.87. The molecule has 0 bridgehead atoms. The molecule has 3 amide bonds. The molecule has 1 aromatic carbocycles. The van der Waals surface area contributed by atoms with E-state index in [1.165, 1.54) is 11.3 Å². The van der Waals surface area contributed by atoms with Gasteiger partial charge >= 0.3 is 6.03 Å². The van der Waals surface area contributed by atoms with Gasteiger partial charge in [0.05, 0.1) is 5.69 Å². The summed E-state index contributed by atoms with van der Waals surface area (Å²) in [6, 6.07) is 6.32. The highest BCUT2D eigenvalue weighted by Gasteiger charge is 2.08. The molecular formula is C13H14N4O2S. The number of rotatable bonds is 4. The third kappa shape index (κ3) is 3.79. The Bertz CT molecular complexity index is 622. The number of primary amides is 1. The van der Waals surface area contributed by atoms with Gasteiger partial charge in [-0.15, -0.1) is 11.3 Å². The molecule has 6 nitrogen and oxygen atoms in total. The van der Waals surface area contributed by atoms with E-state index in [1.54, 1.807) is 24.3 Å². The molecule has 2 rings (SSSR count). The van der Waals surface area contributed by atoms with E-state index >= 15 is 0 Å². The number of anilines is 1. The zero-order chi connectivity index (χ0) is 14.5. The topological polar surface area (TPSA) is 97.1 Å². The highest BCUT2D eigenvalue weighted by molar-refractivity contribution is 7.13. The van der Waals surface area contributed by atoms with Gasteiger partial charge in [0.1, 0.15) is 0 Å². The van der Waals surface area contributed by atoms with Gasteiger partial charge in [-0.1, -0.05) is 12.1 Å². The molecule has 0 fully saturated rings. The standard InChI is InChI=1S/C13H14N4O2S/c1-8-7-20-13(16-8)17-11(18)10-4-2-9(3-5-10)6-15-12(14)19/h2-5,7H,6H2,1H3,(H3,14,15,19)(H,16,17,18). The summed E-state index contributed by atoms with van der Waals surface area (Å²) in [6.07, 6.45) is 0. The SMILES string of the molecule is Cc1csc(NC(=O)c2ccc(CNC(N)=O)cc2)n1. The van der Waals surface area contributed by atoms with Crippen molar-refractivity contribution in [3.05, 3.63) is 46.5 Å². The third-order valence-corrected chi connectivity index (χ3v) is 3.40. The summed E-state index contributed by atoms with van der Waals surface area (Å²) in [5.74, 6) is -0.214. The van der Waals surface area contributed by atoms with Crippen molar-refractivity contribution in [2.45, 2.75) is 13.5 Å². The van der Waals surface area contributed by atoms with Crippen LogP contribution in [0.15, 0.2) is 29.6 Å². The van der Waals surface area contributed by atoms with Gasteiger partial charge in [-0.2, -0.15) is 0 Å². The largest absolute Gasteiger partial charge is 0.352 e. The van der Waals surface area contributed by atoms with Gasteiger partial charge in [0.15, 0.2) is 5.13 Å². The molecule has 104 valence electrons. The van der Waals surface area contributed by atoms with Crippen LogP contribution in [0.4, 0.5) is 9.93 Å². The molecule has 0 spiro atoms. The minimum absolute atomic E-state index is 0.214. The molecule has 0 aliphatic carbocycles. The number of aryl methyl sites for hydroxylation is 1. The second kappa shape index (κ2) is 6.16. The van der Waals surface area contributed by atoms with Crippen molar-refractivity contribution in [3.63, 3.8) is 0 Å². The summed E-state index contributed by atoms with van der Waals surface area (Å²) >= 11 is 1.38. The number of hydrogen-bond donors (Lipinski definition) is 3. The lowest BCUT2D eigenvalue weighted by Crippen LogP contribution is -2.28. The van der Waals surface area contributed by atoms with Crippen LogP contribution in [-0.4, -0.2) is 16.9 Å². The van der Waals surface area contributed by atoms with Crippen LogP contribution in [0.2, 0.25) is 0 Å². The predicted molar refractivity (Wildman–Crippen MR) is 77.7 cm³/mol. The summed E-state index contributed by atoms with van der Waals surface area (Å²) in [6.45, 7) is 2.20. The summed E-state index contributed by atoms with van der Waals surface area (Å²) < 4.78 is 0. The molecule has 4 N–H and O–H groups in total. The number of amides is 3. The molecule has 1 aromatic heterocycles. The number of aromatic nitrogens is 1. The maximum absolute atomic E-state index is 12.0. The summed E-state index contributed by atoms with van der Waals surface area (Å²) in [5, 5.41) is 7.66. The van der Waals surface area contributed by atoms with Gasteiger partial charge < -0.3 is 11.1 Å². The van der Waals surface area contributed by atoms with E-state index in [1.807, 2.05) is 12.3 Å². The van der Waals surface area contributed by atoms with Crippen LogP contribution in [0.3, 0.4) is 0 Å². The highest BCUT2D eigenvalue weighted by Crippen LogP contribution is 2.15. The zero-order valence-corrected chi connectivity index (χ0v) is 11.7. The normalized spacial score (nSPS) is 10.1. The minimum atomic E-state index is -0.578. The lowest BCUT2D eigenvalue weighted by atomic mass is 10.1. The molecule has 0 aliphatic heterocycles. The first-order valence-corrected chi connectivity index (χ1v) is 6.78. The fourth-order valence-corrected chi connectivity index (χ4v) is 2.23. The van der Waals surface area contributed by atoms with E-state index in [0.29, 0.717) is 17.2 Å². The maximum atomic E-state index is 12.0. The minimum Gasteiger partial charge on any atom is -0.352 e. The Balaban J connectivity index is 1.98. The fraction of sp³-hybridized carbons (Fsp3) is 0.154. The van der Waals surface area contributed by atoms with Gasteiger partial charge in [0, 0.05) is 17.5 Å². The number of hydrogen-bond acceptors (Lipinski definition) is 4. The summed E-state index contributed by atoms with van der Waals surface area (Å²) in [4.78, 5) is 26.7. The van der Waals surface area contributed by atoms with E-state index in [-0.39, 0.29) is 5.91 Å². The number of carbonyl (C=O) groups excluding carboxylic acids is 2. The van der Waals surface area contributed by atoms with Crippen molar-refractivity contribution in [2.24, 2.45) is 5.73 Å². The van der Waals surface area contributed by atoms with E-state index in [9.17, 15) is 9.59 Å². The lowest BCUT2D eigenvalue weighted by Gasteiger charge is -2.04.